The van der Waals surface area contributed by atoms with Crippen LogP contribution in [0.25, 0.3) is 0 Å². The lowest BCUT2D eigenvalue weighted by Gasteiger charge is -2.20. The number of ether oxygens (including phenoxy) is 6. The van der Waals surface area contributed by atoms with Crippen LogP contribution >= 0.6 is 0 Å². The van der Waals surface area contributed by atoms with Crippen molar-refractivity contribution in [2.45, 2.75) is 112 Å². The summed E-state index contributed by atoms with van der Waals surface area (Å²) in [7, 11) is 0. The van der Waals surface area contributed by atoms with Gasteiger partial charge in [0.25, 0.3) is 0 Å². The van der Waals surface area contributed by atoms with Gasteiger partial charge in [0, 0.05) is 6.54 Å². The summed E-state index contributed by atoms with van der Waals surface area (Å²) in [4.78, 5) is 48.8. The molecular weight excluding hydrogens is 550 g/mol. The summed E-state index contributed by atoms with van der Waals surface area (Å²) in [5.74, 6) is -1.33. The van der Waals surface area contributed by atoms with E-state index in [4.69, 9.17) is 28.4 Å². The van der Waals surface area contributed by atoms with Gasteiger partial charge in [0.05, 0.1) is 0 Å². The Hall–Kier alpha value is -3.54. The minimum Gasteiger partial charge on any atom is -0.480 e. The van der Waals surface area contributed by atoms with Gasteiger partial charge in [0.2, 0.25) is 0 Å². The molecule has 1 aromatic rings. The normalized spacial score (nSPS) is 14.7. The van der Waals surface area contributed by atoms with Crippen LogP contribution in [0.2, 0.25) is 0 Å². The van der Waals surface area contributed by atoms with Crippen molar-refractivity contribution >= 4 is 24.4 Å². The van der Waals surface area contributed by atoms with Crippen molar-refractivity contribution in [2.24, 2.45) is 11.8 Å². The number of carbonyl (C=O) groups excluding carboxylic acids is 3. The third-order valence-corrected chi connectivity index (χ3v) is 6.52. The molecule has 1 aromatic carbocycles. The highest BCUT2D eigenvalue weighted by Crippen LogP contribution is 2.30. The van der Waals surface area contributed by atoms with Crippen molar-refractivity contribution < 1.29 is 52.7 Å². The van der Waals surface area contributed by atoms with Gasteiger partial charge in [-0.3, -0.25) is 4.79 Å². The van der Waals surface area contributed by atoms with E-state index in [9.17, 15) is 24.3 Å². The van der Waals surface area contributed by atoms with Crippen molar-refractivity contribution in [3.8, 4) is 11.5 Å². The van der Waals surface area contributed by atoms with Gasteiger partial charge in [-0.15, -0.1) is 0 Å². The van der Waals surface area contributed by atoms with Crippen LogP contribution in [0.15, 0.2) is 18.2 Å². The molecule has 0 radical (unpaired) electrons. The van der Waals surface area contributed by atoms with Crippen molar-refractivity contribution in [1.82, 2.24) is 5.32 Å². The Kier molecular flexibility index (Phi) is 15.7. The van der Waals surface area contributed by atoms with E-state index in [1.807, 2.05) is 34.6 Å². The topological polar surface area (TPSA) is 156 Å². The summed E-state index contributed by atoms with van der Waals surface area (Å²) in [5, 5.41) is 12.6. The smallest absolute Gasteiger partial charge is 0.480 e. The van der Waals surface area contributed by atoms with Crippen molar-refractivity contribution in [3.05, 3.63) is 23.8 Å². The molecule has 0 aliphatic heterocycles. The number of hydrogen-bond acceptors (Lipinski definition) is 11. The Morgan fingerprint density at radius 1 is 0.738 bits per heavy atom. The lowest BCUT2D eigenvalue weighted by atomic mass is 10.0. The molecule has 0 fully saturated rings. The monoisotopic (exact) mass is 597 g/mol. The van der Waals surface area contributed by atoms with Crippen LogP contribution in [-0.2, 0) is 30.2 Å². The Morgan fingerprint density at radius 2 is 1.26 bits per heavy atom. The molecule has 4 unspecified atom stereocenters. The average Bonchev–Trinajstić information content (AvgIpc) is 2.87. The number of nitrogens with one attached hydrogen (secondary N) is 1. The molecule has 0 heterocycles. The molecule has 42 heavy (non-hydrogen) atoms. The zero-order valence-electron chi connectivity index (χ0n) is 26.1. The zero-order valence-corrected chi connectivity index (χ0v) is 26.1. The highest BCUT2D eigenvalue weighted by Gasteiger charge is 2.24. The summed E-state index contributed by atoms with van der Waals surface area (Å²) in [6, 6.07) is 3.21. The van der Waals surface area contributed by atoms with E-state index in [2.05, 4.69) is 5.32 Å². The van der Waals surface area contributed by atoms with E-state index in [0.29, 0.717) is 12.0 Å². The van der Waals surface area contributed by atoms with Crippen LogP contribution in [0.4, 0.5) is 14.4 Å². The fraction of sp³-hybridized carbons (Fsp3) is 0.667. The Balaban J connectivity index is 3.03. The summed E-state index contributed by atoms with van der Waals surface area (Å²) >= 11 is 0. The molecule has 12 heteroatoms. The molecule has 0 bridgehead atoms. The van der Waals surface area contributed by atoms with Crippen LogP contribution in [-0.4, -0.2) is 66.5 Å². The number of carbonyl (C=O) groups is 4. The zero-order chi connectivity index (χ0) is 32.0. The van der Waals surface area contributed by atoms with Crippen LogP contribution < -0.4 is 14.8 Å². The summed E-state index contributed by atoms with van der Waals surface area (Å²) in [6.45, 7) is 16.3. The molecule has 0 amide bonds. The van der Waals surface area contributed by atoms with E-state index in [1.165, 1.54) is 18.2 Å². The highest BCUT2D eigenvalue weighted by molar-refractivity contribution is 5.74. The van der Waals surface area contributed by atoms with Gasteiger partial charge in [0.1, 0.15) is 30.5 Å². The Bertz CT molecular complexity index is 1030. The lowest BCUT2D eigenvalue weighted by molar-refractivity contribution is -0.139. The van der Waals surface area contributed by atoms with Crippen LogP contribution in [0, 0.1) is 11.8 Å². The third-order valence-electron chi connectivity index (χ3n) is 6.52. The molecule has 0 aliphatic carbocycles. The lowest BCUT2D eigenvalue weighted by Crippen LogP contribution is -2.42. The standard InChI is InChI=1S/C30H47NO11/c1-10-11-19(6)37-28(34)38-20(7)16-31-24(27(32)33)14-23-12-13-25(41-29(35)39-21(8)17(2)3)26(15-23)42-30(36)40-22(9)18(4)5/h12-13,15,17-22,24,31H,10-11,14,16H2,1-9H3,(H,32,33)/t19?,20?,21?,22?,24-/m0/s1. The molecule has 238 valence electrons. The van der Waals surface area contributed by atoms with Gasteiger partial charge in [-0.1, -0.05) is 47.1 Å². The van der Waals surface area contributed by atoms with Crippen molar-refractivity contribution in [2.75, 3.05) is 6.54 Å². The molecule has 1 rings (SSSR count). The molecule has 0 aliphatic rings. The van der Waals surface area contributed by atoms with Gasteiger partial charge in [-0.2, -0.15) is 0 Å². The second kappa shape index (κ2) is 18.1. The SMILES string of the molecule is CCCC(C)OC(=O)OC(C)CN[C@@H](Cc1ccc(OC(=O)OC(C)C(C)C)c(OC(=O)OC(C)C(C)C)c1)C(=O)O. The van der Waals surface area contributed by atoms with Crippen LogP contribution in [0.1, 0.15) is 80.7 Å². The predicted molar refractivity (Wildman–Crippen MR) is 154 cm³/mol. The molecule has 0 aromatic heterocycles. The number of carboxylic acid groups (broad SMARTS) is 1. The van der Waals surface area contributed by atoms with Gasteiger partial charge in [0.15, 0.2) is 11.5 Å². The predicted octanol–water partition coefficient (Wildman–Crippen LogP) is 6.12. The van der Waals surface area contributed by atoms with Crippen LogP contribution in [0.3, 0.4) is 0 Å². The Labute approximate surface area is 248 Å². The minimum absolute atomic E-state index is 0.0301. The van der Waals surface area contributed by atoms with E-state index in [-0.39, 0.29) is 42.4 Å². The molecule has 2 N–H and O–H groups in total. The molecular formula is C30H47NO11. The largest absolute Gasteiger partial charge is 0.514 e. The van der Waals surface area contributed by atoms with Crippen LogP contribution in [0.5, 0.6) is 11.5 Å². The van der Waals surface area contributed by atoms with E-state index < -0.39 is 48.8 Å². The molecule has 0 saturated heterocycles. The Morgan fingerprint density at radius 3 is 1.76 bits per heavy atom. The van der Waals surface area contributed by atoms with Gasteiger partial charge >= 0.3 is 24.4 Å². The molecule has 0 saturated carbocycles. The molecule has 0 spiro atoms. The maximum absolute atomic E-state index is 12.5. The fourth-order valence-electron chi connectivity index (χ4n) is 3.30. The third kappa shape index (κ3) is 13.9. The number of hydrogen-bond donors (Lipinski definition) is 2. The second-order valence-corrected chi connectivity index (χ2v) is 11.0. The first kappa shape index (κ1) is 36.5. The number of benzene rings is 1. The van der Waals surface area contributed by atoms with Crippen molar-refractivity contribution in [1.29, 1.82) is 0 Å². The second-order valence-electron chi connectivity index (χ2n) is 11.0. The molecule has 12 nitrogen and oxygen atoms in total. The van der Waals surface area contributed by atoms with E-state index >= 15 is 0 Å². The first-order valence-corrected chi connectivity index (χ1v) is 14.4. The van der Waals surface area contributed by atoms with Crippen molar-refractivity contribution in [3.63, 3.8) is 0 Å². The first-order chi connectivity index (χ1) is 19.6. The number of carboxylic acids is 1. The molecule has 5 atom stereocenters. The maximum Gasteiger partial charge on any atom is 0.514 e. The van der Waals surface area contributed by atoms with Gasteiger partial charge in [-0.25, -0.2) is 14.4 Å². The minimum atomic E-state index is -1.15. The first-order valence-electron chi connectivity index (χ1n) is 14.4. The quantitative estimate of drug-likeness (QED) is 0.128. The average molecular weight is 598 g/mol. The van der Waals surface area contributed by atoms with Gasteiger partial charge < -0.3 is 38.8 Å². The number of aliphatic carboxylic acids is 1. The maximum atomic E-state index is 12.5. The number of rotatable bonds is 16. The highest BCUT2D eigenvalue weighted by atomic mass is 16.8. The van der Waals surface area contributed by atoms with E-state index in [0.717, 1.165) is 6.42 Å². The summed E-state index contributed by atoms with van der Waals surface area (Å²) in [6.07, 6.45) is -3.13. The summed E-state index contributed by atoms with van der Waals surface area (Å²) < 4.78 is 31.5. The van der Waals surface area contributed by atoms with E-state index in [1.54, 1.807) is 27.7 Å². The fourth-order valence-corrected chi connectivity index (χ4v) is 3.30. The van der Waals surface area contributed by atoms with Gasteiger partial charge in [-0.05, 0) is 70.1 Å². The summed E-state index contributed by atoms with van der Waals surface area (Å²) in [5.41, 5.74) is 0.451.